The number of aliphatic hydroxyl groups excluding tert-OH is 2. The monoisotopic (exact) mass is 248 g/mol. The number of aliphatic hydroxyl groups is 2. The van der Waals surface area contributed by atoms with Gasteiger partial charge in [0.15, 0.2) is 0 Å². The molecule has 0 heterocycles. The lowest BCUT2D eigenvalue weighted by atomic mass is 10.3. The van der Waals surface area contributed by atoms with Gasteiger partial charge in [0.2, 0.25) is 0 Å². The van der Waals surface area contributed by atoms with Crippen molar-refractivity contribution >= 4 is 0 Å². The fourth-order valence-electron chi connectivity index (χ4n) is 0.735. The van der Waals surface area contributed by atoms with E-state index in [-0.39, 0.29) is 13.2 Å². The zero-order valence-electron chi connectivity index (χ0n) is 11.4. The van der Waals surface area contributed by atoms with Crippen LogP contribution in [0.4, 0.5) is 0 Å². The van der Waals surface area contributed by atoms with Crippen molar-refractivity contribution in [2.75, 3.05) is 13.2 Å². The lowest BCUT2D eigenvalue weighted by molar-refractivity contribution is 0.342. The fourth-order valence-corrected chi connectivity index (χ4v) is 0.735. The Morgan fingerprint density at radius 1 is 0.778 bits per heavy atom. The SMILES string of the molecule is CCCC#C/C=C/CO.CCCC#C/C=C\CO. The summed E-state index contributed by atoms with van der Waals surface area (Å²) in [4.78, 5) is 0. The van der Waals surface area contributed by atoms with Crippen molar-refractivity contribution in [2.45, 2.75) is 39.5 Å². The number of hydrogen-bond donors (Lipinski definition) is 2. The number of hydrogen-bond acceptors (Lipinski definition) is 2. The number of unbranched alkanes of at least 4 members (excludes halogenated alkanes) is 2. The highest BCUT2D eigenvalue weighted by Gasteiger charge is 1.67. The summed E-state index contributed by atoms with van der Waals surface area (Å²) in [6.07, 6.45) is 10.7. The molecule has 0 saturated heterocycles. The first kappa shape index (κ1) is 18.9. The Morgan fingerprint density at radius 2 is 1.17 bits per heavy atom. The zero-order chi connectivity index (χ0) is 13.9. The summed E-state index contributed by atoms with van der Waals surface area (Å²) in [6, 6.07) is 0. The van der Waals surface area contributed by atoms with Crippen LogP contribution in [0, 0.1) is 23.7 Å². The van der Waals surface area contributed by atoms with Gasteiger partial charge in [0.1, 0.15) is 0 Å². The lowest BCUT2D eigenvalue weighted by Crippen LogP contribution is -1.67. The molecule has 0 atom stereocenters. The van der Waals surface area contributed by atoms with Crippen LogP contribution in [0.1, 0.15) is 39.5 Å². The van der Waals surface area contributed by atoms with Gasteiger partial charge in [-0.1, -0.05) is 49.7 Å². The van der Waals surface area contributed by atoms with Gasteiger partial charge in [0, 0.05) is 12.8 Å². The van der Waals surface area contributed by atoms with Crippen molar-refractivity contribution in [3.05, 3.63) is 24.3 Å². The van der Waals surface area contributed by atoms with Gasteiger partial charge in [0.25, 0.3) is 0 Å². The Labute approximate surface area is 111 Å². The molecule has 2 N–H and O–H groups in total. The molecule has 0 saturated carbocycles. The van der Waals surface area contributed by atoms with Crippen LogP contribution >= 0.6 is 0 Å². The maximum Gasteiger partial charge on any atom is 0.0621 e. The van der Waals surface area contributed by atoms with E-state index in [1.165, 1.54) is 0 Å². The first-order chi connectivity index (χ1) is 8.83. The van der Waals surface area contributed by atoms with Gasteiger partial charge in [-0.2, -0.15) is 0 Å². The summed E-state index contributed by atoms with van der Waals surface area (Å²) in [5, 5.41) is 16.5. The van der Waals surface area contributed by atoms with Crippen molar-refractivity contribution in [2.24, 2.45) is 0 Å². The molecular formula is C16H24O2. The van der Waals surface area contributed by atoms with E-state index in [4.69, 9.17) is 10.2 Å². The van der Waals surface area contributed by atoms with Crippen LogP contribution in [-0.2, 0) is 0 Å². The molecule has 0 fully saturated rings. The van der Waals surface area contributed by atoms with Crippen LogP contribution < -0.4 is 0 Å². The summed E-state index contributed by atoms with van der Waals surface area (Å²) in [5.74, 6) is 11.4. The van der Waals surface area contributed by atoms with Crippen LogP contribution in [0.25, 0.3) is 0 Å². The van der Waals surface area contributed by atoms with Gasteiger partial charge in [-0.25, -0.2) is 0 Å². The highest BCUT2D eigenvalue weighted by atomic mass is 16.3. The highest BCUT2D eigenvalue weighted by Crippen LogP contribution is 1.81. The Bertz CT molecular complexity index is 284. The molecule has 2 heteroatoms. The molecule has 0 aromatic carbocycles. The van der Waals surface area contributed by atoms with Crippen molar-refractivity contribution in [3.8, 4) is 23.7 Å². The average molecular weight is 248 g/mol. The molecule has 0 bridgehead atoms. The molecule has 0 unspecified atom stereocenters. The number of allylic oxidation sites excluding steroid dienone is 2. The van der Waals surface area contributed by atoms with Gasteiger partial charge < -0.3 is 10.2 Å². The van der Waals surface area contributed by atoms with Crippen LogP contribution in [0.15, 0.2) is 24.3 Å². The standard InChI is InChI=1S/2C8H12O/c2*1-2-3-4-5-6-7-8-9/h2*6-7,9H,2-3,8H2,1H3/b7-6+;7-6-. The predicted molar refractivity (Wildman–Crippen MR) is 77.8 cm³/mol. The molecule has 0 aliphatic rings. The molecule has 0 radical (unpaired) electrons. The Morgan fingerprint density at radius 3 is 1.44 bits per heavy atom. The molecule has 0 aromatic rings. The molecule has 2 nitrogen and oxygen atoms in total. The maximum absolute atomic E-state index is 8.27. The van der Waals surface area contributed by atoms with E-state index in [2.05, 4.69) is 37.5 Å². The van der Waals surface area contributed by atoms with E-state index in [1.54, 1.807) is 24.3 Å². The van der Waals surface area contributed by atoms with Crippen molar-refractivity contribution < 1.29 is 10.2 Å². The zero-order valence-corrected chi connectivity index (χ0v) is 11.4. The normalized spacial score (nSPS) is 9.11. The van der Waals surface area contributed by atoms with Crippen LogP contribution in [0.2, 0.25) is 0 Å². The third-order valence-corrected chi connectivity index (χ3v) is 1.57. The van der Waals surface area contributed by atoms with Gasteiger partial charge in [-0.05, 0) is 25.0 Å². The first-order valence-corrected chi connectivity index (χ1v) is 6.31. The lowest BCUT2D eigenvalue weighted by Gasteiger charge is -1.74. The quantitative estimate of drug-likeness (QED) is 0.751. The second kappa shape index (κ2) is 20.9. The minimum Gasteiger partial charge on any atom is -0.392 e. The van der Waals surface area contributed by atoms with Crippen LogP contribution in [-0.4, -0.2) is 23.4 Å². The molecule has 0 amide bonds. The molecule has 0 aliphatic carbocycles. The summed E-state index contributed by atoms with van der Waals surface area (Å²) in [7, 11) is 0. The summed E-state index contributed by atoms with van der Waals surface area (Å²) in [5.41, 5.74) is 0. The van der Waals surface area contributed by atoms with E-state index >= 15 is 0 Å². The third kappa shape index (κ3) is 24.0. The maximum atomic E-state index is 8.27. The first-order valence-electron chi connectivity index (χ1n) is 6.31. The molecule has 0 aliphatic heterocycles. The highest BCUT2D eigenvalue weighted by molar-refractivity contribution is 5.15. The molecular weight excluding hydrogens is 224 g/mol. The minimum absolute atomic E-state index is 0.0841. The van der Waals surface area contributed by atoms with E-state index < -0.39 is 0 Å². The molecule has 0 aromatic heterocycles. The van der Waals surface area contributed by atoms with Crippen LogP contribution in [0.5, 0.6) is 0 Å². The van der Waals surface area contributed by atoms with E-state index in [0.717, 1.165) is 25.7 Å². The Balaban J connectivity index is 0. The van der Waals surface area contributed by atoms with Gasteiger partial charge in [0.05, 0.1) is 13.2 Å². The average Bonchev–Trinajstić information content (AvgIpc) is 2.39. The van der Waals surface area contributed by atoms with Crippen LogP contribution in [0.3, 0.4) is 0 Å². The summed E-state index contributed by atoms with van der Waals surface area (Å²) < 4.78 is 0. The minimum atomic E-state index is 0.0841. The fraction of sp³-hybridized carbons (Fsp3) is 0.500. The van der Waals surface area contributed by atoms with E-state index in [9.17, 15) is 0 Å². The second-order valence-electron chi connectivity index (χ2n) is 3.31. The Hall–Kier alpha value is -1.48. The van der Waals surface area contributed by atoms with Crippen molar-refractivity contribution in [1.82, 2.24) is 0 Å². The third-order valence-electron chi connectivity index (χ3n) is 1.57. The van der Waals surface area contributed by atoms with Crippen molar-refractivity contribution in [3.63, 3.8) is 0 Å². The smallest absolute Gasteiger partial charge is 0.0621 e. The van der Waals surface area contributed by atoms with E-state index in [0.29, 0.717) is 0 Å². The summed E-state index contributed by atoms with van der Waals surface area (Å²) >= 11 is 0. The largest absolute Gasteiger partial charge is 0.392 e. The molecule has 0 spiro atoms. The van der Waals surface area contributed by atoms with Gasteiger partial charge >= 0.3 is 0 Å². The molecule has 18 heavy (non-hydrogen) atoms. The number of rotatable bonds is 4. The molecule has 100 valence electrons. The van der Waals surface area contributed by atoms with Crippen molar-refractivity contribution in [1.29, 1.82) is 0 Å². The van der Waals surface area contributed by atoms with Gasteiger partial charge in [-0.3, -0.25) is 0 Å². The topological polar surface area (TPSA) is 40.5 Å². The van der Waals surface area contributed by atoms with Gasteiger partial charge in [-0.15, -0.1) is 0 Å². The molecule has 0 rings (SSSR count). The second-order valence-corrected chi connectivity index (χ2v) is 3.31. The van der Waals surface area contributed by atoms with E-state index in [1.807, 2.05) is 0 Å². The Kier molecular flexibility index (Phi) is 21.9. The summed E-state index contributed by atoms with van der Waals surface area (Å²) in [6.45, 7) is 4.34. The predicted octanol–water partition coefficient (Wildman–Crippen LogP) is 2.68.